The van der Waals surface area contributed by atoms with Crippen molar-refractivity contribution in [2.24, 2.45) is 0 Å². The molecule has 1 atom stereocenters. The fourth-order valence-electron chi connectivity index (χ4n) is 8.63. The van der Waals surface area contributed by atoms with E-state index in [2.05, 4.69) is 78.3 Å². The van der Waals surface area contributed by atoms with Gasteiger partial charge < -0.3 is 21.1 Å². The third kappa shape index (κ3) is 12.0. The number of hydrogen-bond donors (Lipinski definition) is 4. The molecule has 0 bridgehead atoms. The lowest BCUT2D eigenvalue weighted by Gasteiger charge is -2.15. The molecule has 4 N–H and O–H groups in total. The molecule has 320 valence electrons. The third-order valence-electron chi connectivity index (χ3n) is 12.3. The summed E-state index contributed by atoms with van der Waals surface area (Å²) in [4.78, 5) is 11.4. The van der Waals surface area contributed by atoms with Crippen molar-refractivity contribution in [1.82, 2.24) is 0 Å². The maximum absolute atomic E-state index is 13.0. The van der Waals surface area contributed by atoms with E-state index in [0.717, 1.165) is 35.6 Å². The Kier molecular flexibility index (Phi) is 14.8. The molecule has 0 aliphatic heterocycles. The zero-order chi connectivity index (χ0) is 43.4. The quantitative estimate of drug-likeness (QED) is 0.103. The first-order valence-electron chi connectivity index (χ1n) is 21.9. The molecule has 6 aromatic carbocycles. The number of aromatic carboxylic acids is 1. The molecule has 6 aromatic rings. The lowest BCUT2D eigenvalue weighted by molar-refractivity contribution is 0.0698. The zero-order valence-electron chi connectivity index (χ0n) is 35.6. The third-order valence-corrected chi connectivity index (χ3v) is 12.3. The number of carboxylic acid groups (broad SMARTS) is 1. The van der Waals surface area contributed by atoms with Crippen LogP contribution in [0.3, 0.4) is 0 Å². The van der Waals surface area contributed by atoms with Gasteiger partial charge in [-0.2, -0.15) is 0 Å². The molecule has 62 heavy (non-hydrogen) atoms. The summed E-state index contributed by atoms with van der Waals surface area (Å²) < 4.78 is 38.9. The van der Waals surface area contributed by atoms with E-state index in [0.29, 0.717) is 29.1 Å². The predicted octanol–water partition coefficient (Wildman–Crippen LogP) is 15.8. The van der Waals surface area contributed by atoms with Crippen LogP contribution in [-0.4, -0.2) is 11.1 Å². The van der Waals surface area contributed by atoms with E-state index < -0.39 is 5.97 Å². The molecule has 0 saturated heterocycles. The number of halogens is 3. The average Bonchev–Trinajstić information content (AvgIpc) is 4.11. The highest BCUT2D eigenvalue weighted by molar-refractivity contribution is 5.95. The molecular formula is C54H56F3N3O2. The first-order valence-corrected chi connectivity index (χ1v) is 21.9. The molecule has 0 amide bonds. The van der Waals surface area contributed by atoms with Gasteiger partial charge in [-0.3, -0.25) is 0 Å². The number of hydrogen-bond acceptors (Lipinski definition) is 4. The second-order valence-corrected chi connectivity index (χ2v) is 16.7. The molecule has 0 spiro atoms. The van der Waals surface area contributed by atoms with E-state index in [4.69, 9.17) is 0 Å². The topological polar surface area (TPSA) is 73.4 Å². The molecule has 5 nitrogen and oxygen atoms in total. The van der Waals surface area contributed by atoms with Crippen LogP contribution in [0.4, 0.5) is 47.3 Å². The van der Waals surface area contributed by atoms with Crippen molar-refractivity contribution in [3.63, 3.8) is 0 Å². The summed E-state index contributed by atoms with van der Waals surface area (Å²) >= 11 is 0. The number of carboxylic acids is 1. The van der Waals surface area contributed by atoms with Gasteiger partial charge in [-0.1, -0.05) is 68.2 Å². The first kappa shape index (κ1) is 43.8. The van der Waals surface area contributed by atoms with Crippen molar-refractivity contribution < 1.29 is 23.1 Å². The van der Waals surface area contributed by atoms with Crippen LogP contribution >= 0.6 is 0 Å². The number of aryl methyl sites for hydroxylation is 2. The lowest BCUT2D eigenvalue weighted by atomic mass is 9.95. The summed E-state index contributed by atoms with van der Waals surface area (Å²) in [5.41, 5.74) is 11.9. The fraction of sp³-hybridized carbons (Fsp3) is 0.278. The number of rotatable bonds is 10. The smallest absolute Gasteiger partial charge is 0.337 e. The largest absolute Gasteiger partial charge is 0.478 e. The predicted molar refractivity (Wildman–Crippen MR) is 248 cm³/mol. The van der Waals surface area contributed by atoms with Crippen molar-refractivity contribution in [1.29, 1.82) is 0 Å². The average molecular weight is 836 g/mol. The fourth-order valence-corrected chi connectivity index (χ4v) is 8.63. The van der Waals surface area contributed by atoms with Crippen molar-refractivity contribution in [3.05, 3.63) is 190 Å². The zero-order valence-corrected chi connectivity index (χ0v) is 35.6. The minimum Gasteiger partial charge on any atom is -0.478 e. The Morgan fingerprint density at radius 2 is 0.887 bits per heavy atom. The summed E-state index contributed by atoms with van der Waals surface area (Å²) in [7, 11) is 0. The highest BCUT2D eigenvalue weighted by Crippen LogP contribution is 2.38. The van der Waals surface area contributed by atoms with Crippen LogP contribution in [0.15, 0.2) is 140 Å². The van der Waals surface area contributed by atoms with E-state index in [1.54, 1.807) is 42.5 Å². The van der Waals surface area contributed by atoms with E-state index in [1.807, 2.05) is 12.1 Å². The number of anilines is 6. The molecule has 3 aliphatic carbocycles. The van der Waals surface area contributed by atoms with Crippen LogP contribution in [0, 0.1) is 31.3 Å². The van der Waals surface area contributed by atoms with Crippen molar-refractivity contribution >= 4 is 40.1 Å². The van der Waals surface area contributed by atoms with E-state index >= 15 is 0 Å². The van der Waals surface area contributed by atoms with Gasteiger partial charge in [0.15, 0.2) is 0 Å². The molecule has 3 aliphatic rings. The van der Waals surface area contributed by atoms with Crippen molar-refractivity contribution in [3.8, 4) is 0 Å². The Morgan fingerprint density at radius 3 is 1.31 bits per heavy atom. The van der Waals surface area contributed by atoms with Gasteiger partial charge in [-0.05, 0) is 189 Å². The van der Waals surface area contributed by atoms with Gasteiger partial charge >= 0.3 is 5.97 Å². The molecule has 2 fully saturated rings. The minimum absolute atomic E-state index is 0.202. The minimum atomic E-state index is -0.970. The second-order valence-electron chi connectivity index (χ2n) is 16.7. The summed E-state index contributed by atoms with van der Waals surface area (Å²) in [6, 6.07) is 37.6. The van der Waals surface area contributed by atoms with E-state index in [1.165, 1.54) is 116 Å². The van der Waals surface area contributed by atoms with Gasteiger partial charge in [0.2, 0.25) is 0 Å². The van der Waals surface area contributed by atoms with Gasteiger partial charge in [0, 0.05) is 34.4 Å². The molecule has 9 rings (SSSR count). The molecule has 0 heterocycles. The van der Waals surface area contributed by atoms with Crippen LogP contribution < -0.4 is 16.0 Å². The van der Waals surface area contributed by atoms with Gasteiger partial charge in [-0.15, -0.1) is 0 Å². The number of benzene rings is 6. The maximum Gasteiger partial charge on any atom is 0.337 e. The van der Waals surface area contributed by atoms with Crippen LogP contribution in [0.1, 0.15) is 120 Å². The second kappa shape index (κ2) is 21.0. The van der Waals surface area contributed by atoms with E-state index in [9.17, 15) is 23.1 Å². The number of carbonyl (C=O) groups is 1. The standard InChI is InChI=1S/C18H18FNO2.C18H20FN.C18H18FN/c19-14-6-8-15(9-7-14)20-17-11-13(12-3-1-2-4-12)5-10-16(17)18(21)22;2*1-13-6-7-15(14-4-2-3-5-14)12-18(13)20-17-10-8-16(19)9-11-17/h5-12,20H,1-4H2,(H,21,22);6-12,14,20H,2-5H2,1H3;2,4,6-12,14,20H,3,5H2,1H3. The monoisotopic (exact) mass is 835 g/mol. The van der Waals surface area contributed by atoms with Gasteiger partial charge in [0.1, 0.15) is 17.5 Å². The number of nitrogens with one attached hydrogen (secondary N) is 3. The molecular weight excluding hydrogens is 780 g/mol. The van der Waals surface area contributed by atoms with E-state index in [-0.39, 0.29) is 23.0 Å². The SMILES string of the molecule is Cc1ccc(C2C=CCC2)cc1Nc1ccc(F)cc1.Cc1ccc(C2CCCC2)cc1Nc1ccc(F)cc1.O=C(O)c1ccc(C2CCCC2)cc1Nc1ccc(F)cc1. The Bertz CT molecular complexity index is 2440. The normalized spacial score (nSPS) is 15.9. The molecule has 0 radical (unpaired) electrons. The van der Waals surface area contributed by atoms with Crippen molar-refractivity contribution in [2.45, 2.75) is 95.8 Å². The van der Waals surface area contributed by atoms with Crippen LogP contribution in [0.25, 0.3) is 0 Å². The Hall–Kier alpha value is -6.28. The lowest BCUT2D eigenvalue weighted by Crippen LogP contribution is -2.04. The molecule has 2 saturated carbocycles. The van der Waals surface area contributed by atoms with Crippen molar-refractivity contribution in [2.75, 3.05) is 16.0 Å². The first-order chi connectivity index (χ1) is 30.1. The maximum atomic E-state index is 13.0. The highest BCUT2D eigenvalue weighted by atomic mass is 19.1. The number of allylic oxidation sites excluding steroid dienone is 2. The van der Waals surface area contributed by atoms with Gasteiger partial charge in [-0.25, -0.2) is 18.0 Å². The molecule has 0 aromatic heterocycles. The van der Waals surface area contributed by atoms with Crippen LogP contribution in [-0.2, 0) is 0 Å². The van der Waals surface area contributed by atoms with Crippen LogP contribution in [0.5, 0.6) is 0 Å². The highest BCUT2D eigenvalue weighted by Gasteiger charge is 2.20. The Balaban J connectivity index is 0.000000140. The molecule has 1 unspecified atom stereocenters. The summed E-state index contributed by atoms with van der Waals surface area (Å²) in [5, 5.41) is 19.2. The Labute approximate surface area is 364 Å². The summed E-state index contributed by atoms with van der Waals surface area (Å²) in [6.07, 6.45) is 17.0. The van der Waals surface area contributed by atoms with Crippen LogP contribution in [0.2, 0.25) is 0 Å². The molecule has 8 heteroatoms. The summed E-state index contributed by atoms with van der Waals surface area (Å²) in [6.45, 7) is 4.18. The summed E-state index contributed by atoms with van der Waals surface area (Å²) in [5.74, 6) is 0.0562. The van der Waals surface area contributed by atoms with Gasteiger partial charge in [0.25, 0.3) is 0 Å². The van der Waals surface area contributed by atoms with Gasteiger partial charge in [0.05, 0.1) is 11.3 Å². The Morgan fingerprint density at radius 1 is 0.500 bits per heavy atom.